The minimum Gasteiger partial charge on any atom is -0.466 e. The van der Waals surface area contributed by atoms with Crippen LogP contribution in [0.25, 0.3) is 0 Å². The molecule has 0 aliphatic heterocycles. The van der Waals surface area contributed by atoms with Gasteiger partial charge in [0, 0.05) is 18.0 Å². The number of furan rings is 1. The summed E-state index contributed by atoms with van der Waals surface area (Å²) in [6, 6.07) is 5.44. The van der Waals surface area contributed by atoms with E-state index in [1.54, 1.807) is 24.7 Å². The Kier molecular flexibility index (Phi) is 2.33. The first-order chi connectivity index (χ1) is 6.79. The van der Waals surface area contributed by atoms with Crippen LogP contribution in [0.1, 0.15) is 23.0 Å². The van der Waals surface area contributed by atoms with Gasteiger partial charge in [-0.2, -0.15) is 0 Å². The standard InChI is InChI=1S/C11H11NO2/c1-8-4-6-14-11(8)10(13)9-3-2-5-12-7-9/h2-7,10,13H,1H3. The first-order valence-electron chi connectivity index (χ1n) is 4.41. The lowest BCUT2D eigenvalue weighted by Gasteiger charge is -2.08. The van der Waals surface area contributed by atoms with E-state index in [0.29, 0.717) is 5.76 Å². The highest BCUT2D eigenvalue weighted by Gasteiger charge is 2.15. The predicted octanol–water partition coefficient (Wildman–Crippen LogP) is 2.06. The highest BCUT2D eigenvalue weighted by Crippen LogP contribution is 2.24. The topological polar surface area (TPSA) is 46.3 Å². The molecule has 1 atom stereocenters. The Hall–Kier alpha value is -1.61. The Morgan fingerprint density at radius 2 is 2.29 bits per heavy atom. The van der Waals surface area contributed by atoms with E-state index in [1.165, 1.54) is 0 Å². The number of nitrogens with zero attached hydrogens (tertiary/aromatic N) is 1. The number of aryl methyl sites for hydroxylation is 1. The molecule has 1 unspecified atom stereocenters. The van der Waals surface area contributed by atoms with Crippen molar-refractivity contribution in [3.05, 3.63) is 53.7 Å². The molecule has 14 heavy (non-hydrogen) atoms. The second kappa shape index (κ2) is 3.64. The summed E-state index contributed by atoms with van der Waals surface area (Å²) in [5.41, 5.74) is 1.69. The molecule has 0 saturated carbocycles. The maximum Gasteiger partial charge on any atom is 0.139 e. The smallest absolute Gasteiger partial charge is 0.139 e. The molecule has 2 rings (SSSR count). The zero-order chi connectivity index (χ0) is 9.97. The molecule has 0 bridgehead atoms. The molecule has 2 heterocycles. The molecule has 2 aromatic heterocycles. The summed E-state index contributed by atoms with van der Waals surface area (Å²) >= 11 is 0. The van der Waals surface area contributed by atoms with Gasteiger partial charge in [0.2, 0.25) is 0 Å². The van der Waals surface area contributed by atoms with E-state index in [-0.39, 0.29) is 0 Å². The number of rotatable bonds is 2. The van der Waals surface area contributed by atoms with Gasteiger partial charge in [-0.05, 0) is 24.6 Å². The van der Waals surface area contributed by atoms with Crippen LogP contribution < -0.4 is 0 Å². The van der Waals surface area contributed by atoms with Crippen molar-refractivity contribution < 1.29 is 9.52 Å². The van der Waals surface area contributed by atoms with Crippen LogP contribution >= 0.6 is 0 Å². The van der Waals surface area contributed by atoms with Gasteiger partial charge in [-0.1, -0.05) is 6.07 Å². The van der Waals surface area contributed by atoms with Gasteiger partial charge in [-0.3, -0.25) is 4.98 Å². The Morgan fingerprint density at radius 3 is 2.86 bits per heavy atom. The molecular weight excluding hydrogens is 178 g/mol. The average molecular weight is 189 g/mol. The molecule has 3 heteroatoms. The lowest BCUT2D eigenvalue weighted by Crippen LogP contribution is -1.99. The highest BCUT2D eigenvalue weighted by molar-refractivity contribution is 5.26. The second-order valence-electron chi connectivity index (χ2n) is 3.16. The Morgan fingerprint density at radius 1 is 1.43 bits per heavy atom. The van der Waals surface area contributed by atoms with E-state index in [4.69, 9.17) is 4.42 Å². The molecule has 0 aliphatic rings. The second-order valence-corrected chi connectivity index (χ2v) is 3.16. The van der Waals surface area contributed by atoms with Crippen molar-refractivity contribution in [1.29, 1.82) is 0 Å². The molecule has 0 amide bonds. The Bertz CT molecular complexity index is 408. The van der Waals surface area contributed by atoms with Crippen LogP contribution in [0.3, 0.4) is 0 Å². The zero-order valence-corrected chi connectivity index (χ0v) is 7.84. The van der Waals surface area contributed by atoms with Crippen molar-refractivity contribution in [2.75, 3.05) is 0 Å². The number of pyridine rings is 1. The monoisotopic (exact) mass is 189 g/mol. The summed E-state index contributed by atoms with van der Waals surface area (Å²) in [6.45, 7) is 1.90. The van der Waals surface area contributed by atoms with E-state index < -0.39 is 6.10 Å². The number of aliphatic hydroxyl groups is 1. The summed E-state index contributed by atoms with van der Waals surface area (Å²) in [4.78, 5) is 3.94. The van der Waals surface area contributed by atoms with Gasteiger partial charge in [0.05, 0.1) is 6.26 Å². The van der Waals surface area contributed by atoms with Gasteiger partial charge < -0.3 is 9.52 Å². The molecule has 0 radical (unpaired) electrons. The zero-order valence-electron chi connectivity index (χ0n) is 7.84. The van der Waals surface area contributed by atoms with Crippen molar-refractivity contribution >= 4 is 0 Å². The van der Waals surface area contributed by atoms with Crippen LogP contribution in [0.5, 0.6) is 0 Å². The predicted molar refractivity (Wildman–Crippen MR) is 51.7 cm³/mol. The van der Waals surface area contributed by atoms with Gasteiger partial charge in [-0.15, -0.1) is 0 Å². The fourth-order valence-electron chi connectivity index (χ4n) is 1.35. The third-order valence-corrected chi connectivity index (χ3v) is 2.15. The van der Waals surface area contributed by atoms with Crippen LogP contribution in [0.4, 0.5) is 0 Å². The van der Waals surface area contributed by atoms with E-state index in [9.17, 15) is 5.11 Å². The minimum absolute atomic E-state index is 0.581. The minimum atomic E-state index is -0.723. The molecule has 2 aromatic rings. The summed E-state index contributed by atoms with van der Waals surface area (Å²) in [7, 11) is 0. The van der Waals surface area contributed by atoms with Crippen LogP contribution in [-0.4, -0.2) is 10.1 Å². The maximum atomic E-state index is 9.93. The van der Waals surface area contributed by atoms with E-state index >= 15 is 0 Å². The van der Waals surface area contributed by atoms with Crippen molar-refractivity contribution in [3.63, 3.8) is 0 Å². The molecule has 0 saturated heterocycles. The highest BCUT2D eigenvalue weighted by atomic mass is 16.4. The van der Waals surface area contributed by atoms with Crippen LogP contribution in [-0.2, 0) is 0 Å². The van der Waals surface area contributed by atoms with E-state index in [0.717, 1.165) is 11.1 Å². The molecular formula is C11H11NO2. The normalized spacial score (nSPS) is 12.7. The van der Waals surface area contributed by atoms with Crippen molar-refractivity contribution in [3.8, 4) is 0 Å². The van der Waals surface area contributed by atoms with Gasteiger partial charge in [0.15, 0.2) is 0 Å². The molecule has 0 aromatic carbocycles. The quantitative estimate of drug-likeness (QED) is 0.786. The summed E-state index contributed by atoms with van der Waals surface area (Å²) < 4.78 is 5.20. The molecule has 0 spiro atoms. The lowest BCUT2D eigenvalue weighted by molar-refractivity contribution is 0.188. The van der Waals surface area contributed by atoms with E-state index in [2.05, 4.69) is 4.98 Å². The lowest BCUT2D eigenvalue weighted by atomic mass is 10.1. The maximum absolute atomic E-state index is 9.93. The summed E-state index contributed by atoms with van der Waals surface area (Å²) in [6.07, 6.45) is 4.15. The summed E-state index contributed by atoms with van der Waals surface area (Å²) in [5, 5.41) is 9.93. The van der Waals surface area contributed by atoms with Crippen molar-refractivity contribution in [1.82, 2.24) is 4.98 Å². The molecule has 0 aliphatic carbocycles. The number of aliphatic hydroxyl groups excluding tert-OH is 1. The average Bonchev–Trinajstić information content (AvgIpc) is 2.65. The Balaban J connectivity index is 2.34. The SMILES string of the molecule is Cc1ccoc1C(O)c1cccnc1. The number of hydrogen-bond acceptors (Lipinski definition) is 3. The van der Waals surface area contributed by atoms with Gasteiger partial charge in [0.1, 0.15) is 11.9 Å². The van der Waals surface area contributed by atoms with Crippen LogP contribution in [0, 0.1) is 6.92 Å². The third-order valence-electron chi connectivity index (χ3n) is 2.15. The molecule has 1 N–H and O–H groups in total. The van der Waals surface area contributed by atoms with Crippen molar-refractivity contribution in [2.45, 2.75) is 13.0 Å². The fraction of sp³-hybridized carbons (Fsp3) is 0.182. The number of hydrogen-bond donors (Lipinski definition) is 1. The molecule has 72 valence electrons. The van der Waals surface area contributed by atoms with Crippen LogP contribution in [0.2, 0.25) is 0 Å². The summed E-state index contributed by atoms with van der Waals surface area (Å²) in [5.74, 6) is 0.581. The first-order valence-corrected chi connectivity index (χ1v) is 4.41. The van der Waals surface area contributed by atoms with Gasteiger partial charge in [-0.25, -0.2) is 0 Å². The fourth-order valence-corrected chi connectivity index (χ4v) is 1.35. The largest absolute Gasteiger partial charge is 0.466 e. The van der Waals surface area contributed by atoms with Gasteiger partial charge >= 0.3 is 0 Å². The molecule has 0 fully saturated rings. The molecule has 3 nitrogen and oxygen atoms in total. The van der Waals surface area contributed by atoms with Crippen LogP contribution in [0.15, 0.2) is 41.3 Å². The van der Waals surface area contributed by atoms with Gasteiger partial charge in [0.25, 0.3) is 0 Å². The first kappa shape index (κ1) is 8.97. The Labute approximate surface area is 82.0 Å². The third kappa shape index (κ3) is 1.54. The van der Waals surface area contributed by atoms with E-state index in [1.807, 2.05) is 19.1 Å². The van der Waals surface area contributed by atoms with Crippen molar-refractivity contribution in [2.24, 2.45) is 0 Å². The number of aromatic nitrogens is 1.